The van der Waals surface area contributed by atoms with Gasteiger partial charge in [0.25, 0.3) is 0 Å². The smallest absolute Gasteiger partial charge is 0.152 e. The third-order valence-electron chi connectivity index (χ3n) is 2.22. The highest BCUT2D eigenvalue weighted by molar-refractivity contribution is 5.62. The van der Waals surface area contributed by atoms with E-state index >= 15 is 0 Å². The number of rotatable bonds is 2. The molecule has 5 nitrogen and oxygen atoms in total. The molecular formula is C12H14N4O. The molecule has 0 bridgehead atoms. The van der Waals surface area contributed by atoms with Crippen molar-refractivity contribution in [2.45, 2.75) is 0 Å². The van der Waals surface area contributed by atoms with E-state index in [4.69, 9.17) is 27.7 Å². The summed E-state index contributed by atoms with van der Waals surface area (Å²) in [5, 5.41) is 0. The minimum absolute atomic E-state index is 0.481. The Kier molecular flexibility index (Phi) is 2.66. The minimum atomic E-state index is 0.481. The molecule has 0 radical (unpaired) electrons. The topological polar surface area (TPSA) is 113 Å². The maximum absolute atomic E-state index is 5.77. The van der Waals surface area contributed by atoms with Gasteiger partial charge in [-0.1, -0.05) is 0 Å². The van der Waals surface area contributed by atoms with Gasteiger partial charge in [-0.15, -0.1) is 0 Å². The lowest BCUT2D eigenvalue weighted by Crippen LogP contribution is -1.96. The molecular weight excluding hydrogens is 216 g/mol. The minimum Gasteiger partial charge on any atom is -0.455 e. The van der Waals surface area contributed by atoms with Crippen LogP contribution in [0.5, 0.6) is 11.5 Å². The van der Waals surface area contributed by atoms with Crippen LogP contribution in [0.25, 0.3) is 0 Å². The van der Waals surface area contributed by atoms with E-state index in [0.29, 0.717) is 34.2 Å². The van der Waals surface area contributed by atoms with Gasteiger partial charge in [-0.2, -0.15) is 0 Å². The zero-order valence-corrected chi connectivity index (χ0v) is 9.18. The molecule has 88 valence electrons. The van der Waals surface area contributed by atoms with Crippen molar-refractivity contribution in [1.82, 2.24) is 0 Å². The van der Waals surface area contributed by atoms with Crippen molar-refractivity contribution in [1.29, 1.82) is 0 Å². The van der Waals surface area contributed by atoms with Crippen LogP contribution in [0.2, 0.25) is 0 Å². The van der Waals surface area contributed by atoms with E-state index in [1.807, 2.05) is 0 Å². The normalized spacial score (nSPS) is 10.1. The Labute approximate surface area is 99.0 Å². The first-order valence-electron chi connectivity index (χ1n) is 5.03. The third kappa shape index (κ3) is 2.52. The lowest BCUT2D eigenvalue weighted by atomic mass is 10.2. The van der Waals surface area contributed by atoms with Crippen LogP contribution >= 0.6 is 0 Å². The van der Waals surface area contributed by atoms with E-state index in [9.17, 15) is 0 Å². The molecule has 5 heteroatoms. The van der Waals surface area contributed by atoms with Gasteiger partial charge in [0.05, 0.1) is 5.69 Å². The summed E-state index contributed by atoms with van der Waals surface area (Å²) in [6.45, 7) is 0. The number of ether oxygens (including phenoxy) is 1. The summed E-state index contributed by atoms with van der Waals surface area (Å²) in [5.41, 5.74) is 24.9. The summed E-state index contributed by atoms with van der Waals surface area (Å²) >= 11 is 0. The summed E-state index contributed by atoms with van der Waals surface area (Å²) in [7, 11) is 0. The molecule has 17 heavy (non-hydrogen) atoms. The molecule has 0 aliphatic heterocycles. The van der Waals surface area contributed by atoms with Crippen molar-refractivity contribution < 1.29 is 4.74 Å². The van der Waals surface area contributed by atoms with Gasteiger partial charge in [0.15, 0.2) is 5.75 Å². The molecule has 0 aliphatic rings. The van der Waals surface area contributed by atoms with Crippen molar-refractivity contribution in [3.63, 3.8) is 0 Å². The fraction of sp³-hybridized carbons (Fsp3) is 0. The average Bonchev–Trinajstić information content (AvgIpc) is 2.22. The number of anilines is 4. The predicted molar refractivity (Wildman–Crippen MR) is 70.6 cm³/mol. The Morgan fingerprint density at radius 1 is 0.706 bits per heavy atom. The van der Waals surface area contributed by atoms with Crippen molar-refractivity contribution >= 4 is 22.7 Å². The first-order chi connectivity index (χ1) is 8.04. The molecule has 0 aromatic heterocycles. The SMILES string of the molecule is Nc1cc(N)cc(Oc2cc(N)ccc2N)c1. The van der Waals surface area contributed by atoms with Crippen molar-refractivity contribution in [2.75, 3.05) is 22.9 Å². The zero-order chi connectivity index (χ0) is 12.4. The molecule has 0 spiro atoms. The van der Waals surface area contributed by atoms with Crippen LogP contribution in [-0.2, 0) is 0 Å². The van der Waals surface area contributed by atoms with E-state index in [1.165, 1.54) is 0 Å². The fourth-order valence-corrected chi connectivity index (χ4v) is 1.47. The van der Waals surface area contributed by atoms with Gasteiger partial charge in [0.2, 0.25) is 0 Å². The van der Waals surface area contributed by atoms with E-state index in [-0.39, 0.29) is 0 Å². The van der Waals surface area contributed by atoms with Crippen molar-refractivity contribution in [3.8, 4) is 11.5 Å². The average molecular weight is 230 g/mol. The van der Waals surface area contributed by atoms with E-state index in [1.54, 1.807) is 36.4 Å². The Bertz CT molecular complexity index is 534. The summed E-state index contributed by atoms with van der Waals surface area (Å²) in [6, 6.07) is 10.0. The Hall–Kier alpha value is -2.56. The lowest BCUT2D eigenvalue weighted by Gasteiger charge is -2.10. The van der Waals surface area contributed by atoms with Gasteiger partial charge < -0.3 is 27.7 Å². The first kappa shape index (κ1) is 10.9. The summed E-state index contributed by atoms with van der Waals surface area (Å²) in [4.78, 5) is 0. The number of nitrogen functional groups attached to an aromatic ring is 4. The van der Waals surface area contributed by atoms with Crippen LogP contribution in [0.4, 0.5) is 22.7 Å². The van der Waals surface area contributed by atoms with Gasteiger partial charge in [0, 0.05) is 35.3 Å². The van der Waals surface area contributed by atoms with Gasteiger partial charge in [-0.3, -0.25) is 0 Å². The molecule has 0 amide bonds. The molecule has 0 aliphatic carbocycles. The summed E-state index contributed by atoms with van der Waals surface area (Å²) < 4.78 is 5.59. The third-order valence-corrected chi connectivity index (χ3v) is 2.22. The second kappa shape index (κ2) is 4.13. The quantitative estimate of drug-likeness (QED) is 0.587. The summed E-state index contributed by atoms with van der Waals surface area (Å²) in [6.07, 6.45) is 0. The maximum Gasteiger partial charge on any atom is 0.152 e. The molecule has 2 aromatic rings. The molecule has 2 aromatic carbocycles. The largest absolute Gasteiger partial charge is 0.455 e. The van der Waals surface area contributed by atoms with Crippen LogP contribution < -0.4 is 27.7 Å². The number of nitrogens with two attached hydrogens (primary N) is 4. The molecule has 8 N–H and O–H groups in total. The van der Waals surface area contributed by atoms with Gasteiger partial charge in [-0.05, 0) is 18.2 Å². The molecule has 0 atom stereocenters. The summed E-state index contributed by atoms with van der Waals surface area (Å²) in [5.74, 6) is 1.01. The van der Waals surface area contributed by atoms with Gasteiger partial charge in [0.1, 0.15) is 5.75 Å². The Morgan fingerprint density at radius 2 is 1.35 bits per heavy atom. The molecule has 0 fully saturated rings. The molecule has 0 saturated carbocycles. The number of hydrogen-bond acceptors (Lipinski definition) is 5. The number of hydrogen-bond donors (Lipinski definition) is 4. The lowest BCUT2D eigenvalue weighted by molar-refractivity contribution is 0.486. The van der Waals surface area contributed by atoms with Crippen LogP contribution in [0.3, 0.4) is 0 Å². The zero-order valence-electron chi connectivity index (χ0n) is 9.18. The van der Waals surface area contributed by atoms with Crippen LogP contribution in [0.15, 0.2) is 36.4 Å². The van der Waals surface area contributed by atoms with Crippen molar-refractivity contribution in [3.05, 3.63) is 36.4 Å². The van der Waals surface area contributed by atoms with Crippen LogP contribution in [0, 0.1) is 0 Å². The Morgan fingerprint density at radius 3 is 2.00 bits per heavy atom. The molecule has 0 saturated heterocycles. The van der Waals surface area contributed by atoms with Crippen molar-refractivity contribution in [2.24, 2.45) is 0 Å². The van der Waals surface area contributed by atoms with Gasteiger partial charge in [-0.25, -0.2) is 0 Å². The fourth-order valence-electron chi connectivity index (χ4n) is 1.47. The standard InChI is InChI=1S/C12H14N4O/c13-7-1-2-11(16)12(6-7)17-10-4-8(14)3-9(15)5-10/h1-6H,13-16H2. The molecule has 0 heterocycles. The number of benzene rings is 2. The maximum atomic E-state index is 5.77. The highest BCUT2D eigenvalue weighted by Gasteiger charge is 2.04. The van der Waals surface area contributed by atoms with E-state index in [0.717, 1.165) is 0 Å². The van der Waals surface area contributed by atoms with E-state index in [2.05, 4.69) is 0 Å². The second-order valence-corrected chi connectivity index (χ2v) is 3.73. The second-order valence-electron chi connectivity index (χ2n) is 3.73. The first-order valence-corrected chi connectivity index (χ1v) is 5.03. The Balaban J connectivity index is 2.34. The van der Waals surface area contributed by atoms with E-state index < -0.39 is 0 Å². The molecule has 0 unspecified atom stereocenters. The highest BCUT2D eigenvalue weighted by atomic mass is 16.5. The molecule has 2 rings (SSSR count). The predicted octanol–water partition coefficient (Wildman–Crippen LogP) is 1.81. The monoisotopic (exact) mass is 230 g/mol. The van der Waals surface area contributed by atoms with Gasteiger partial charge >= 0.3 is 0 Å². The van der Waals surface area contributed by atoms with Crippen LogP contribution in [0.1, 0.15) is 0 Å². The van der Waals surface area contributed by atoms with Crippen LogP contribution in [-0.4, -0.2) is 0 Å². The highest BCUT2D eigenvalue weighted by Crippen LogP contribution is 2.31.